The molecule has 0 radical (unpaired) electrons. The topological polar surface area (TPSA) is 29.1 Å². The number of halogens is 1. The van der Waals surface area contributed by atoms with Gasteiger partial charge in [-0.15, -0.1) is 11.3 Å². The maximum Gasteiger partial charge on any atom is 0.235 e. The van der Waals surface area contributed by atoms with E-state index in [1.54, 1.807) is 11.3 Å². The number of alkyl halides is 1. The molecule has 2 aromatic carbocycles. The minimum absolute atomic E-state index is 0.114. The highest BCUT2D eigenvalue weighted by Crippen LogP contribution is 2.51. The number of nitrogens with one attached hydrogen (secondary N) is 1. The zero-order chi connectivity index (χ0) is 18.7. The first kappa shape index (κ1) is 18.5. The second kappa shape index (κ2) is 7.99. The molecule has 3 aromatic rings. The lowest BCUT2D eigenvalue weighted by molar-refractivity contribution is -0.125. The fraction of sp³-hybridized carbons (Fsp3) is 0.261. The summed E-state index contributed by atoms with van der Waals surface area (Å²) in [6, 6.07) is 20.9. The number of amides is 1. The van der Waals surface area contributed by atoms with Crippen molar-refractivity contribution in [1.29, 1.82) is 0 Å². The lowest BCUT2D eigenvalue weighted by Crippen LogP contribution is -2.44. The van der Waals surface area contributed by atoms with Crippen LogP contribution < -0.4 is 5.32 Å². The molecule has 4 rings (SSSR count). The van der Waals surface area contributed by atoms with Gasteiger partial charge in [-0.3, -0.25) is 4.79 Å². The molecule has 1 aromatic heterocycles. The predicted molar refractivity (Wildman–Crippen MR) is 116 cm³/mol. The van der Waals surface area contributed by atoms with Crippen LogP contribution in [0.5, 0.6) is 0 Å². The van der Waals surface area contributed by atoms with Crippen molar-refractivity contribution in [1.82, 2.24) is 5.32 Å². The zero-order valence-corrected chi connectivity index (χ0v) is 17.5. The van der Waals surface area contributed by atoms with Crippen LogP contribution in [0.25, 0.3) is 11.1 Å². The summed E-state index contributed by atoms with van der Waals surface area (Å²) < 4.78 is 0. The van der Waals surface area contributed by atoms with Crippen LogP contribution in [0.3, 0.4) is 0 Å². The summed E-state index contributed by atoms with van der Waals surface area (Å²) in [4.78, 5) is 14.8. The van der Waals surface area contributed by atoms with Gasteiger partial charge in [-0.25, -0.2) is 0 Å². The Morgan fingerprint density at radius 3 is 2.19 bits per heavy atom. The fourth-order valence-electron chi connectivity index (χ4n) is 4.17. The van der Waals surface area contributed by atoms with E-state index in [4.69, 9.17) is 0 Å². The number of benzene rings is 2. The Kier molecular flexibility index (Phi) is 5.46. The summed E-state index contributed by atoms with van der Waals surface area (Å²) in [7, 11) is 0. The Hall–Kier alpha value is -1.91. The van der Waals surface area contributed by atoms with E-state index in [0.29, 0.717) is 6.54 Å². The fourth-order valence-corrected chi connectivity index (χ4v) is 5.21. The highest BCUT2D eigenvalue weighted by atomic mass is 79.9. The molecule has 0 saturated heterocycles. The Balaban J connectivity index is 1.77. The van der Waals surface area contributed by atoms with Gasteiger partial charge in [0.25, 0.3) is 0 Å². The van der Waals surface area contributed by atoms with Crippen molar-refractivity contribution in [2.75, 3.05) is 5.33 Å². The van der Waals surface area contributed by atoms with E-state index in [1.165, 1.54) is 16.0 Å². The van der Waals surface area contributed by atoms with E-state index in [2.05, 4.69) is 75.8 Å². The molecule has 1 heterocycles. The molecule has 1 aliphatic rings. The average Bonchev–Trinajstić information content (AvgIpc) is 3.32. The number of fused-ring (bicyclic) bond motifs is 3. The Morgan fingerprint density at radius 2 is 1.59 bits per heavy atom. The van der Waals surface area contributed by atoms with Gasteiger partial charge in [0, 0.05) is 10.2 Å². The summed E-state index contributed by atoms with van der Waals surface area (Å²) in [5, 5.41) is 6.25. The highest BCUT2D eigenvalue weighted by molar-refractivity contribution is 9.09. The summed E-state index contributed by atoms with van der Waals surface area (Å²) in [6.07, 6.45) is 2.88. The van der Waals surface area contributed by atoms with Crippen molar-refractivity contribution in [3.05, 3.63) is 82.0 Å². The first-order valence-corrected chi connectivity index (χ1v) is 11.3. The van der Waals surface area contributed by atoms with E-state index in [-0.39, 0.29) is 5.91 Å². The Morgan fingerprint density at radius 1 is 0.926 bits per heavy atom. The van der Waals surface area contributed by atoms with Crippen LogP contribution in [-0.4, -0.2) is 11.2 Å². The Bertz CT molecular complexity index is 890. The standard InChI is InChI=1S/C23H22BrNOS/c24-14-6-5-13-23(22(26)25-16-17-8-7-15-27-17)20-11-3-1-9-18(20)19-10-2-4-12-21(19)23/h1-4,7-12,15H,5-6,13-14,16H2,(H,25,26). The third-order valence-electron chi connectivity index (χ3n) is 5.39. The summed E-state index contributed by atoms with van der Waals surface area (Å²) in [5.74, 6) is 0.114. The molecule has 4 heteroatoms. The molecule has 0 fully saturated rings. The molecule has 0 saturated carbocycles. The molecule has 0 spiro atoms. The minimum atomic E-state index is -0.605. The number of unbranched alkanes of at least 4 members (excludes halogenated alkanes) is 1. The van der Waals surface area contributed by atoms with Gasteiger partial charge in [0.15, 0.2) is 0 Å². The van der Waals surface area contributed by atoms with E-state index < -0.39 is 5.41 Å². The highest BCUT2D eigenvalue weighted by Gasteiger charge is 2.48. The minimum Gasteiger partial charge on any atom is -0.350 e. The second-order valence-corrected chi connectivity index (χ2v) is 8.73. The summed E-state index contributed by atoms with van der Waals surface area (Å²) in [5.41, 5.74) is 4.07. The van der Waals surface area contributed by atoms with Crippen LogP contribution in [0.2, 0.25) is 0 Å². The van der Waals surface area contributed by atoms with Gasteiger partial charge < -0.3 is 5.32 Å². The molecule has 1 aliphatic carbocycles. The number of carbonyl (C=O) groups is 1. The van der Waals surface area contributed by atoms with Crippen LogP contribution in [0.15, 0.2) is 66.0 Å². The lowest BCUT2D eigenvalue weighted by Gasteiger charge is -2.31. The first-order valence-electron chi connectivity index (χ1n) is 9.33. The van der Waals surface area contributed by atoms with Gasteiger partial charge >= 0.3 is 0 Å². The molecule has 0 bridgehead atoms. The van der Waals surface area contributed by atoms with Gasteiger partial charge in [0.1, 0.15) is 5.41 Å². The number of thiophene rings is 1. The van der Waals surface area contributed by atoms with Crippen LogP contribution >= 0.6 is 27.3 Å². The number of hydrogen-bond donors (Lipinski definition) is 1. The molecule has 0 unspecified atom stereocenters. The van der Waals surface area contributed by atoms with E-state index in [1.807, 2.05) is 11.4 Å². The molecule has 0 atom stereocenters. The molecule has 27 heavy (non-hydrogen) atoms. The largest absolute Gasteiger partial charge is 0.350 e. The van der Waals surface area contributed by atoms with Gasteiger partial charge in [0.2, 0.25) is 5.91 Å². The Labute approximate surface area is 172 Å². The maximum atomic E-state index is 13.7. The third-order valence-corrected chi connectivity index (χ3v) is 6.83. The van der Waals surface area contributed by atoms with Crippen molar-refractivity contribution in [3.63, 3.8) is 0 Å². The van der Waals surface area contributed by atoms with Crippen molar-refractivity contribution >= 4 is 33.2 Å². The van der Waals surface area contributed by atoms with Crippen LogP contribution in [0.1, 0.15) is 35.3 Å². The van der Waals surface area contributed by atoms with E-state index in [0.717, 1.165) is 35.7 Å². The molecule has 1 N–H and O–H groups in total. The first-order chi connectivity index (χ1) is 13.3. The summed E-state index contributed by atoms with van der Waals surface area (Å²) >= 11 is 5.21. The average molecular weight is 440 g/mol. The van der Waals surface area contributed by atoms with E-state index in [9.17, 15) is 4.79 Å². The van der Waals surface area contributed by atoms with Crippen LogP contribution in [0, 0.1) is 0 Å². The molecule has 1 amide bonds. The van der Waals surface area contributed by atoms with Gasteiger partial charge in [0.05, 0.1) is 6.54 Å². The SMILES string of the molecule is O=C(NCc1cccs1)C1(CCCCBr)c2ccccc2-c2ccccc21. The van der Waals surface area contributed by atoms with Crippen LogP contribution in [0.4, 0.5) is 0 Å². The monoisotopic (exact) mass is 439 g/mol. The molecular formula is C23H22BrNOS. The quantitative estimate of drug-likeness (QED) is 0.360. The maximum absolute atomic E-state index is 13.7. The van der Waals surface area contributed by atoms with E-state index >= 15 is 0 Å². The second-order valence-electron chi connectivity index (χ2n) is 6.90. The molecule has 0 aliphatic heterocycles. The summed E-state index contributed by atoms with van der Waals surface area (Å²) in [6.45, 7) is 0.584. The molecule has 138 valence electrons. The van der Waals surface area contributed by atoms with Gasteiger partial charge in [-0.05, 0) is 46.5 Å². The van der Waals surface area contributed by atoms with Gasteiger partial charge in [-0.1, -0.05) is 76.9 Å². The van der Waals surface area contributed by atoms with Crippen molar-refractivity contribution in [2.24, 2.45) is 0 Å². The number of rotatable bonds is 7. The third kappa shape index (κ3) is 3.26. The van der Waals surface area contributed by atoms with Crippen molar-refractivity contribution < 1.29 is 4.79 Å². The zero-order valence-electron chi connectivity index (χ0n) is 15.1. The molecule has 2 nitrogen and oxygen atoms in total. The lowest BCUT2D eigenvalue weighted by atomic mass is 9.73. The smallest absolute Gasteiger partial charge is 0.235 e. The van der Waals surface area contributed by atoms with Crippen molar-refractivity contribution in [2.45, 2.75) is 31.2 Å². The van der Waals surface area contributed by atoms with Gasteiger partial charge in [-0.2, -0.15) is 0 Å². The normalized spacial score (nSPS) is 13.8. The number of carbonyl (C=O) groups excluding carboxylic acids is 1. The molecular weight excluding hydrogens is 418 g/mol. The van der Waals surface area contributed by atoms with Crippen LogP contribution in [-0.2, 0) is 16.8 Å². The number of hydrogen-bond acceptors (Lipinski definition) is 2. The van der Waals surface area contributed by atoms with Crippen molar-refractivity contribution in [3.8, 4) is 11.1 Å². The predicted octanol–water partition coefficient (Wildman–Crippen LogP) is 5.90.